The number of anilines is 1. The van der Waals surface area contributed by atoms with Crippen molar-refractivity contribution >= 4 is 17.6 Å². The second kappa shape index (κ2) is 9.94. The van der Waals surface area contributed by atoms with Crippen LogP contribution >= 0.6 is 0 Å². The van der Waals surface area contributed by atoms with Crippen molar-refractivity contribution in [3.8, 4) is 0 Å². The standard InChI is InChI=1S/C26H27N3O2/c30-25(27-16-15-21-9-3-1-4-10-21)23-13-7-14-24(19-23)29-18-8-17-28(26(29)31)20-22-11-5-2-6-12-22/h1-7,9-14,19H,8,15-18,20H2,(H,27,30). The van der Waals surface area contributed by atoms with Crippen LogP contribution in [0.2, 0.25) is 0 Å². The highest BCUT2D eigenvalue weighted by Crippen LogP contribution is 2.22. The van der Waals surface area contributed by atoms with Crippen molar-refractivity contribution in [1.29, 1.82) is 0 Å². The molecule has 5 heteroatoms. The summed E-state index contributed by atoms with van der Waals surface area (Å²) >= 11 is 0. The van der Waals surface area contributed by atoms with Crippen molar-refractivity contribution in [2.75, 3.05) is 24.5 Å². The van der Waals surface area contributed by atoms with Gasteiger partial charge in [0.1, 0.15) is 0 Å². The lowest BCUT2D eigenvalue weighted by molar-refractivity contribution is 0.0954. The average molecular weight is 414 g/mol. The summed E-state index contributed by atoms with van der Waals surface area (Å²) < 4.78 is 0. The molecular formula is C26H27N3O2. The first-order valence-corrected chi connectivity index (χ1v) is 10.7. The predicted molar refractivity (Wildman–Crippen MR) is 123 cm³/mol. The van der Waals surface area contributed by atoms with E-state index in [1.165, 1.54) is 5.56 Å². The van der Waals surface area contributed by atoms with Gasteiger partial charge in [-0.1, -0.05) is 66.7 Å². The molecule has 4 rings (SSSR count). The minimum Gasteiger partial charge on any atom is -0.352 e. The van der Waals surface area contributed by atoms with Gasteiger partial charge in [-0.25, -0.2) is 4.79 Å². The third-order valence-corrected chi connectivity index (χ3v) is 5.49. The minimum atomic E-state index is -0.122. The molecule has 1 aliphatic rings. The quantitative estimate of drug-likeness (QED) is 0.620. The van der Waals surface area contributed by atoms with Crippen LogP contribution in [0, 0.1) is 0 Å². The molecule has 0 aromatic heterocycles. The maximum atomic E-state index is 13.1. The van der Waals surface area contributed by atoms with E-state index in [1.54, 1.807) is 11.0 Å². The summed E-state index contributed by atoms with van der Waals surface area (Å²) in [6.07, 6.45) is 1.68. The third-order valence-electron chi connectivity index (χ3n) is 5.49. The number of hydrogen-bond acceptors (Lipinski definition) is 2. The Hall–Kier alpha value is -3.60. The van der Waals surface area contributed by atoms with Crippen molar-refractivity contribution in [2.45, 2.75) is 19.4 Å². The van der Waals surface area contributed by atoms with Gasteiger partial charge in [0.05, 0.1) is 0 Å². The van der Waals surface area contributed by atoms with Crippen LogP contribution in [0.1, 0.15) is 27.9 Å². The molecule has 1 aliphatic heterocycles. The van der Waals surface area contributed by atoms with E-state index >= 15 is 0 Å². The van der Waals surface area contributed by atoms with Gasteiger partial charge in [-0.3, -0.25) is 9.69 Å². The SMILES string of the molecule is O=C(NCCc1ccccc1)c1cccc(N2CCCN(Cc3ccccc3)C2=O)c1. The van der Waals surface area contributed by atoms with E-state index in [4.69, 9.17) is 0 Å². The first kappa shape index (κ1) is 20.7. The average Bonchev–Trinajstić information content (AvgIpc) is 2.82. The number of urea groups is 1. The molecule has 0 unspecified atom stereocenters. The van der Waals surface area contributed by atoms with Gasteiger partial charge >= 0.3 is 6.03 Å². The smallest absolute Gasteiger partial charge is 0.324 e. The molecule has 0 saturated carbocycles. The first-order valence-electron chi connectivity index (χ1n) is 10.7. The zero-order valence-electron chi connectivity index (χ0n) is 17.5. The summed E-state index contributed by atoms with van der Waals surface area (Å²) in [5.74, 6) is -0.122. The van der Waals surface area contributed by atoms with Gasteiger partial charge in [0.15, 0.2) is 0 Å². The highest BCUT2D eigenvalue weighted by atomic mass is 16.2. The molecule has 0 radical (unpaired) electrons. The molecular weight excluding hydrogens is 386 g/mol. The Morgan fingerprint density at radius 2 is 1.55 bits per heavy atom. The van der Waals surface area contributed by atoms with Gasteiger partial charge in [-0.05, 0) is 42.2 Å². The Kier molecular flexibility index (Phi) is 6.62. The molecule has 3 amide bonds. The zero-order chi connectivity index (χ0) is 21.5. The Bertz CT molecular complexity index is 1020. The molecule has 5 nitrogen and oxygen atoms in total. The van der Waals surface area contributed by atoms with E-state index in [2.05, 4.69) is 17.4 Å². The molecule has 158 valence electrons. The topological polar surface area (TPSA) is 52.7 Å². The number of hydrogen-bond donors (Lipinski definition) is 1. The van der Waals surface area contributed by atoms with Crippen molar-refractivity contribution in [3.05, 3.63) is 102 Å². The van der Waals surface area contributed by atoms with Gasteiger partial charge in [-0.2, -0.15) is 0 Å². The fourth-order valence-corrected chi connectivity index (χ4v) is 3.85. The summed E-state index contributed by atoms with van der Waals surface area (Å²) in [5, 5.41) is 2.98. The van der Waals surface area contributed by atoms with Crippen LogP contribution in [0.5, 0.6) is 0 Å². The van der Waals surface area contributed by atoms with Crippen LogP contribution in [-0.2, 0) is 13.0 Å². The zero-order valence-corrected chi connectivity index (χ0v) is 17.5. The van der Waals surface area contributed by atoms with Crippen LogP contribution in [0.3, 0.4) is 0 Å². The summed E-state index contributed by atoms with van der Waals surface area (Å²) in [6.45, 7) is 2.56. The van der Waals surface area contributed by atoms with E-state index in [0.717, 1.165) is 30.6 Å². The van der Waals surface area contributed by atoms with Crippen LogP contribution in [0.15, 0.2) is 84.9 Å². The summed E-state index contributed by atoms with van der Waals surface area (Å²) in [4.78, 5) is 29.4. The van der Waals surface area contributed by atoms with Crippen LogP contribution in [0.4, 0.5) is 10.5 Å². The molecule has 1 saturated heterocycles. The molecule has 31 heavy (non-hydrogen) atoms. The van der Waals surface area contributed by atoms with Crippen molar-refractivity contribution in [1.82, 2.24) is 10.2 Å². The third kappa shape index (κ3) is 5.31. The summed E-state index contributed by atoms with van der Waals surface area (Å²) in [5.41, 5.74) is 3.63. The van der Waals surface area contributed by atoms with Gasteiger partial charge in [0.2, 0.25) is 0 Å². The molecule has 1 heterocycles. The van der Waals surface area contributed by atoms with E-state index in [9.17, 15) is 9.59 Å². The number of nitrogens with one attached hydrogen (secondary N) is 1. The van der Waals surface area contributed by atoms with Crippen molar-refractivity contribution in [2.24, 2.45) is 0 Å². The number of carbonyl (C=O) groups is 2. The van der Waals surface area contributed by atoms with E-state index in [0.29, 0.717) is 25.2 Å². The lowest BCUT2D eigenvalue weighted by Gasteiger charge is -2.35. The molecule has 1 fully saturated rings. The highest BCUT2D eigenvalue weighted by molar-refractivity contribution is 5.98. The molecule has 3 aromatic carbocycles. The number of amides is 3. The Balaban J connectivity index is 1.39. The molecule has 0 aliphatic carbocycles. The summed E-state index contributed by atoms with van der Waals surface area (Å²) in [7, 11) is 0. The van der Waals surface area contributed by atoms with Gasteiger partial charge in [0.25, 0.3) is 5.91 Å². The number of rotatable bonds is 7. The lowest BCUT2D eigenvalue weighted by Crippen LogP contribution is -2.49. The maximum Gasteiger partial charge on any atom is 0.324 e. The van der Waals surface area contributed by atoms with Gasteiger partial charge in [0, 0.05) is 37.4 Å². The first-order chi connectivity index (χ1) is 15.2. The maximum absolute atomic E-state index is 13.1. The number of nitrogens with zero attached hydrogens (tertiary/aromatic N) is 2. The molecule has 3 aromatic rings. The van der Waals surface area contributed by atoms with E-state index < -0.39 is 0 Å². The van der Waals surface area contributed by atoms with E-state index in [1.807, 2.05) is 71.6 Å². The molecule has 0 atom stereocenters. The van der Waals surface area contributed by atoms with Crippen molar-refractivity contribution < 1.29 is 9.59 Å². The van der Waals surface area contributed by atoms with Crippen LogP contribution in [0.25, 0.3) is 0 Å². The monoisotopic (exact) mass is 413 g/mol. The van der Waals surface area contributed by atoms with Gasteiger partial charge in [-0.15, -0.1) is 0 Å². The predicted octanol–water partition coefficient (Wildman–Crippen LogP) is 4.49. The largest absolute Gasteiger partial charge is 0.352 e. The normalized spacial score (nSPS) is 13.9. The Morgan fingerprint density at radius 3 is 2.29 bits per heavy atom. The molecule has 0 bridgehead atoms. The second-order valence-electron chi connectivity index (χ2n) is 7.74. The van der Waals surface area contributed by atoms with Crippen LogP contribution in [-0.4, -0.2) is 36.5 Å². The number of benzene rings is 3. The lowest BCUT2D eigenvalue weighted by atomic mass is 10.1. The number of carbonyl (C=O) groups excluding carboxylic acids is 2. The Labute approximate surface area is 183 Å². The Morgan fingerprint density at radius 1 is 0.839 bits per heavy atom. The molecule has 1 N–H and O–H groups in total. The summed E-state index contributed by atoms with van der Waals surface area (Å²) in [6, 6.07) is 27.4. The van der Waals surface area contributed by atoms with Crippen LogP contribution < -0.4 is 10.2 Å². The van der Waals surface area contributed by atoms with Crippen molar-refractivity contribution in [3.63, 3.8) is 0 Å². The fraction of sp³-hybridized carbons (Fsp3) is 0.231. The van der Waals surface area contributed by atoms with Gasteiger partial charge < -0.3 is 10.2 Å². The minimum absolute atomic E-state index is 0.0169. The highest BCUT2D eigenvalue weighted by Gasteiger charge is 2.27. The molecule has 0 spiro atoms. The van der Waals surface area contributed by atoms with E-state index in [-0.39, 0.29) is 11.9 Å². The fourth-order valence-electron chi connectivity index (χ4n) is 3.85. The second-order valence-corrected chi connectivity index (χ2v) is 7.74.